The van der Waals surface area contributed by atoms with Gasteiger partial charge in [-0.15, -0.1) is 0 Å². The Morgan fingerprint density at radius 1 is 1.32 bits per heavy atom. The quantitative estimate of drug-likeness (QED) is 0.899. The smallest absolute Gasteiger partial charge is 0.236 e. The fourth-order valence-electron chi connectivity index (χ4n) is 2.20. The van der Waals surface area contributed by atoms with E-state index in [1.807, 2.05) is 51.2 Å². The van der Waals surface area contributed by atoms with E-state index in [9.17, 15) is 9.90 Å². The van der Waals surface area contributed by atoms with E-state index < -0.39 is 5.41 Å². The number of aromatic nitrogens is 1. The summed E-state index contributed by atoms with van der Waals surface area (Å²) in [6.07, 6.45) is 2.11. The Morgan fingerprint density at radius 2 is 2.00 bits per heavy atom. The zero-order valence-corrected chi connectivity index (χ0v) is 12.0. The molecule has 0 bridgehead atoms. The summed E-state index contributed by atoms with van der Waals surface area (Å²) < 4.78 is 1.71. The molecule has 2 aromatic rings. The van der Waals surface area contributed by atoms with Crippen molar-refractivity contribution >= 4 is 16.8 Å². The number of hydrogen-bond donors (Lipinski definition) is 1. The third kappa shape index (κ3) is 2.87. The molecule has 1 aromatic heterocycles. The molecule has 0 unspecified atom stereocenters. The zero-order chi connectivity index (χ0) is 14.2. The molecule has 1 N–H and O–H groups in total. The van der Waals surface area contributed by atoms with Crippen LogP contribution in [0, 0.1) is 5.41 Å². The van der Waals surface area contributed by atoms with E-state index in [1.165, 1.54) is 0 Å². The van der Waals surface area contributed by atoms with Crippen molar-refractivity contribution in [3.63, 3.8) is 0 Å². The Morgan fingerprint density at radius 3 is 2.58 bits per heavy atom. The highest BCUT2D eigenvalue weighted by Gasteiger charge is 2.23. The van der Waals surface area contributed by atoms with Crippen molar-refractivity contribution in [3.05, 3.63) is 36.0 Å². The van der Waals surface area contributed by atoms with Gasteiger partial charge in [0.15, 0.2) is 0 Å². The van der Waals surface area contributed by atoms with Gasteiger partial charge in [-0.3, -0.25) is 9.36 Å². The summed E-state index contributed by atoms with van der Waals surface area (Å²) in [4.78, 5) is 12.3. The molecule has 3 heteroatoms. The first-order valence-electron chi connectivity index (χ1n) is 6.62. The summed E-state index contributed by atoms with van der Waals surface area (Å²) in [5.41, 5.74) is 1.61. The van der Waals surface area contributed by atoms with Gasteiger partial charge >= 0.3 is 0 Å². The number of hydrogen-bond acceptors (Lipinski definition) is 2. The second kappa shape index (κ2) is 4.82. The lowest BCUT2D eigenvalue weighted by Gasteiger charge is -2.17. The van der Waals surface area contributed by atoms with Gasteiger partial charge in [0.1, 0.15) is 0 Å². The second-order valence-electron chi connectivity index (χ2n) is 6.19. The second-order valence-corrected chi connectivity index (χ2v) is 6.19. The largest absolute Gasteiger partial charge is 0.393 e. The number of nitrogens with zero attached hydrogens (tertiary/aromatic N) is 1. The van der Waals surface area contributed by atoms with Gasteiger partial charge in [0.05, 0.1) is 11.6 Å². The fourth-order valence-corrected chi connectivity index (χ4v) is 2.20. The van der Waals surface area contributed by atoms with Crippen LogP contribution in [0.4, 0.5) is 0 Å². The Bertz CT molecular complexity index is 603. The Balaban J connectivity index is 2.43. The van der Waals surface area contributed by atoms with E-state index in [1.54, 1.807) is 11.5 Å². The molecular weight excluding hydrogens is 238 g/mol. The monoisotopic (exact) mass is 259 g/mol. The van der Waals surface area contributed by atoms with Crippen LogP contribution < -0.4 is 0 Å². The van der Waals surface area contributed by atoms with E-state index >= 15 is 0 Å². The minimum Gasteiger partial charge on any atom is -0.393 e. The molecule has 0 fully saturated rings. The first-order valence-corrected chi connectivity index (χ1v) is 6.62. The van der Waals surface area contributed by atoms with Crippen molar-refractivity contribution in [2.75, 3.05) is 0 Å². The van der Waals surface area contributed by atoms with Crippen LogP contribution in [0.2, 0.25) is 0 Å². The van der Waals surface area contributed by atoms with Crippen LogP contribution in [0.5, 0.6) is 0 Å². The van der Waals surface area contributed by atoms with Gasteiger partial charge in [0.25, 0.3) is 0 Å². The van der Waals surface area contributed by atoms with Gasteiger partial charge < -0.3 is 5.11 Å². The predicted octanol–water partition coefficient (Wildman–Crippen LogP) is 3.25. The van der Waals surface area contributed by atoms with Gasteiger partial charge in [-0.25, -0.2) is 0 Å². The maximum absolute atomic E-state index is 12.3. The van der Waals surface area contributed by atoms with Crippen LogP contribution in [-0.4, -0.2) is 21.7 Å². The highest BCUT2D eigenvalue weighted by Crippen LogP contribution is 2.23. The average molecular weight is 259 g/mol. The number of benzene rings is 1. The summed E-state index contributed by atoms with van der Waals surface area (Å²) in [5.74, 6) is 0.0887. The summed E-state index contributed by atoms with van der Waals surface area (Å²) in [5, 5.41) is 10.5. The highest BCUT2D eigenvalue weighted by molar-refractivity contribution is 5.95. The molecule has 19 heavy (non-hydrogen) atoms. The van der Waals surface area contributed by atoms with E-state index in [0.29, 0.717) is 6.42 Å². The molecule has 2 rings (SSSR count). The number of rotatable bonds is 2. The van der Waals surface area contributed by atoms with Crippen LogP contribution in [0.15, 0.2) is 30.5 Å². The van der Waals surface area contributed by atoms with Crippen molar-refractivity contribution < 1.29 is 9.90 Å². The molecule has 1 aromatic carbocycles. The molecular formula is C16H21NO2. The van der Waals surface area contributed by atoms with Gasteiger partial charge in [-0.1, -0.05) is 26.8 Å². The lowest BCUT2D eigenvalue weighted by Crippen LogP contribution is -2.25. The molecule has 3 nitrogen and oxygen atoms in total. The van der Waals surface area contributed by atoms with Gasteiger partial charge in [0.2, 0.25) is 5.91 Å². The maximum atomic E-state index is 12.3. The van der Waals surface area contributed by atoms with Crippen molar-refractivity contribution in [3.8, 4) is 0 Å². The summed E-state index contributed by atoms with van der Waals surface area (Å²) in [6.45, 7) is 7.54. The number of aliphatic hydroxyl groups excluding tert-OH is 1. The minimum absolute atomic E-state index is 0.0887. The molecule has 0 amide bonds. The lowest BCUT2D eigenvalue weighted by atomic mass is 9.95. The SMILES string of the molecule is C[C@H](O)Cc1ccc2c(ccn2C(=O)C(C)(C)C)c1. The summed E-state index contributed by atoms with van der Waals surface area (Å²) in [6, 6.07) is 7.91. The third-order valence-corrected chi connectivity index (χ3v) is 3.15. The molecule has 0 saturated carbocycles. The zero-order valence-electron chi connectivity index (χ0n) is 12.0. The molecule has 1 heterocycles. The van der Waals surface area contributed by atoms with Crippen molar-refractivity contribution in [2.45, 2.75) is 40.2 Å². The van der Waals surface area contributed by atoms with Crippen molar-refractivity contribution in [1.82, 2.24) is 4.57 Å². The summed E-state index contributed by atoms with van der Waals surface area (Å²) in [7, 11) is 0. The van der Waals surface area contributed by atoms with Crippen LogP contribution in [0.3, 0.4) is 0 Å². The Hall–Kier alpha value is -1.61. The van der Waals surface area contributed by atoms with Gasteiger partial charge in [0, 0.05) is 17.0 Å². The molecule has 0 saturated heterocycles. The Kier molecular flexibility index (Phi) is 3.50. The number of aliphatic hydroxyl groups is 1. The van der Waals surface area contributed by atoms with E-state index in [4.69, 9.17) is 0 Å². The summed E-state index contributed by atoms with van der Waals surface area (Å²) >= 11 is 0. The van der Waals surface area contributed by atoms with E-state index in [-0.39, 0.29) is 12.0 Å². The van der Waals surface area contributed by atoms with E-state index in [0.717, 1.165) is 16.5 Å². The molecule has 102 valence electrons. The fraction of sp³-hybridized carbons (Fsp3) is 0.438. The average Bonchev–Trinajstić information content (AvgIpc) is 2.68. The van der Waals surface area contributed by atoms with Crippen molar-refractivity contribution in [1.29, 1.82) is 0 Å². The number of carbonyl (C=O) groups is 1. The van der Waals surface area contributed by atoms with Crippen molar-refractivity contribution in [2.24, 2.45) is 5.41 Å². The molecule has 0 aliphatic carbocycles. The topological polar surface area (TPSA) is 42.2 Å². The first kappa shape index (κ1) is 13.8. The molecule has 1 atom stereocenters. The standard InChI is InChI=1S/C16H21NO2/c1-11(18)9-12-5-6-14-13(10-12)7-8-17(14)15(19)16(2,3)4/h5-8,10-11,18H,9H2,1-4H3/t11-/m0/s1. The molecule has 0 aliphatic rings. The maximum Gasteiger partial charge on any atom is 0.236 e. The van der Waals surface area contributed by atoms with Gasteiger partial charge in [-0.2, -0.15) is 0 Å². The molecule has 0 spiro atoms. The van der Waals surface area contributed by atoms with Crippen LogP contribution >= 0.6 is 0 Å². The molecule has 0 radical (unpaired) electrons. The van der Waals surface area contributed by atoms with E-state index in [2.05, 4.69) is 0 Å². The normalized spacial score (nSPS) is 13.7. The number of fused-ring (bicyclic) bond motifs is 1. The van der Waals surface area contributed by atoms with Crippen LogP contribution in [0.1, 0.15) is 38.1 Å². The third-order valence-electron chi connectivity index (χ3n) is 3.15. The number of carbonyl (C=O) groups excluding carboxylic acids is 1. The predicted molar refractivity (Wildman–Crippen MR) is 77.4 cm³/mol. The van der Waals surface area contributed by atoms with Crippen LogP contribution in [0.25, 0.3) is 10.9 Å². The van der Waals surface area contributed by atoms with Crippen LogP contribution in [-0.2, 0) is 6.42 Å². The first-order chi connectivity index (χ1) is 8.79. The Labute approximate surface area is 113 Å². The highest BCUT2D eigenvalue weighted by atomic mass is 16.3. The lowest BCUT2D eigenvalue weighted by molar-refractivity contribution is 0.0772. The molecule has 0 aliphatic heterocycles. The minimum atomic E-state index is -0.399. The van der Waals surface area contributed by atoms with Gasteiger partial charge in [-0.05, 0) is 37.1 Å².